The Morgan fingerprint density at radius 2 is 2.23 bits per heavy atom. The number of hydrogen-bond donors (Lipinski definition) is 2. The van der Waals surface area contributed by atoms with E-state index in [1.807, 2.05) is 0 Å². The zero-order valence-corrected chi connectivity index (χ0v) is 7.99. The van der Waals surface area contributed by atoms with Gasteiger partial charge in [-0.15, -0.1) is 0 Å². The zero-order chi connectivity index (χ0) is 9.42. The van der Waals surface area contributed by atoms with E-state index in [0.717, 1.165) is 11.8 Å². The Kier molecular flexibility index (Phi) is 2.28. The summed E-state index contributed by atoms with van der Waals surface area (Å²) in [5.74, 6) is 0.901. The van der Waals surface area contributed by atoms with Gasteiger partial charge in [-0.05, 0) is 38.0 Å². The Bertz CT molecular complexity index is 217. The molecule has 0 saturated heterocycles. The minimum absolute atomic E-state index is 0.385. The molecule has 2 bridgehead atoms. The quantitative estimate of drug-likeness (QED) is 0.692. The molecule has 0 amide bonds. The third-order valence-electron chi connectivity index (χ3n) is 3.57. The molecule has 74 valence electrons. The summed E-state index contributed by atoms with van der Waals surface area (Å²) in [4.78, 5) is 10.6. The second-order valence-electron chi connectivity index (χ2n) is 4.51. The number of aliphatic carboxylic acids is 1. The van der Waals surface area contributed by atoms with Crippen LogP contribution in [0.4, 0.5) is 0 Å². The van der Waals surface area contributed by atoms with Crippen LogP contribution in [0.3, 0.4) is 0 Å². The maximum Gasteiger partial charge on any atom is 0.320 e. The SMILES string of the molecule is C[C@@H](NC1CC2CCC1C2)C(=O)O. The average molecular weight is 183 g/mol. The first-order valence-electron chi connectivity index (χ1n) is 5.15. The largest absolute Gasteiger partial charge is 0.480 e. The van der Waals surface area contributed by atoms with Gasteiger partial charge in [0, 0.05) is 6.04 Å². The summed E-state index contributed by atoms with van der Waals surface area (Å²) in [5, 5.41) is 12.0. The number of nitrogens with one attached hydrogen (secondary N) is 1. The molecule has 0 spiro atoms. The van der Waals surface area contributed by atoms with Crippen LogP contribution in [0.2, 0.25) is 0 Å². The lowest BCUT2D eigenvalue weighted by molar-refractivity contribution is -0.139. The van der Waals surface area contributed by atoms with Crippen molar-refractivity contribution in [2.24, 2.45) is 11.8 Å². The van der Waals surface area contributed by atoms with E-state index >= 15 is 0 Å². The van der Waals surface area contributed by atoms with E-state index in [-0.39, 0.29) is 6.04 Å². The van der Waals surface area contributed by atoms with Gasteiger partial charge < -0.3 is 10.4 Å². The predicted octanol–water partition coefficient (Wildman–Crippen LogP) is 1.24. The lowest BCUT2D eigenvalue weighted by Crippen LogP contribution is -2.43. The minimum atomic E-state index is -0.734. The van der Waals surface area contributed by atoms with Crippen LogP contribution in [0.25, 0.3) is 0 Å². The molecule has 13 heavy (non-hydrogen) atoms. The third-order valence-corrected chi connectivity index (χ3v) is 3.57. The maximum absolute atomic E-state index is 10.6. The normalized spacial score (nSPS) is 39.3. The van der Waals surface area contributed by atoms with Gasteiger partial charge >= 0.3 is 5.97 Å². The van der Waals surface area contributed by atoms with Crippen molar-refractivity contribution in [3.8, 4) is 0 Å². The van der Waals surface area contributed by atoms with E-state index in [1.165, 1.54) is 25.7 Å². The van der Waals surface area contributed by atoms with Gasteiger partial charge in [-0.3, -0.25) is 4.79 Å². The fraction of sp³-hybridized carbons (Fsp3) is 0.900. The van der Waals surface area contributed by atoms with Gasteiger partial charge in [0.2, 0.25) is 0 Å². The Labute approximate surface area is 78.5 Å². The number of hydrogen-bond acceptors (Lipinski definition) is 2. The van der Waals surface area contributed by atoms with Gasteiger partial charge in [-0.25, -0.2) is 0 Å². The molecule has 3 nitrogen and oxygen atoms in total. The van der Waals surface area contributed by atoms with Crippen LogP contribution >= 0.6 is 0 Å². The molecule has 0 aliphatic heterocycles. The summed E-state index contributed by atoms with van der Waals surface area (Å²) in [6.07, 6.45) is 5.19. The summed E-state index contributed by atoms with van der Waals surface area (Å²) >= 11 is 0. The van der Waals surface area contributed by atoms with Gasteiger partial charge in [0.15, 0.2) is 0 Å². The molecule has 0 heterocycles. The molecular formula is C10H17NO2. The topological polar surface area (TPSA) is 49.3 Å². The molecule has 0 aromatic heterocycles. The standard InChI is InChI=1S/C10H17NO2/c1-6(10(12)13)11-9-5-7-2-3-8(9)4-7/h6-9,11H,2-5H2,1H3,(H,12,13)/t6-,7?,8?,9?/m1/s1. The van der Waals surface area contributed by atoms with Crippen LogP contribution in [-0.4, -0.2) is 23.2 Å². The van der Waals surface area contributed by atoms with Crippen LogP contribution in [0.15, 0.2) is 0 Å². The smallest absolute Gasteiger partial charge is 0.320 e. The molecule has 2 saturated carbocycles. The van der Waals surface area contributed by atoms with E-state index in [0.29, 0.717) is 6.04 Å². The summed E-state index contributed by atoms with van der Waals surface area (Å²) < 4.78 is 0. The van der Waals surface area contributed by atoms with Crippen molar-refractivity contribution in [1.29, 1.82) is 0 Å². The average Bonchev–Trinajstić information content (AvgIpc) is 2.64. The van der Waals surface area contributed by atoms with E-state index in [9.17, 15) is 4.79 Å². The second kappa shape index (κ2) is 3.29. The van der Waals surface area contributed by atoms with Crippen LogP contribution < -0.4 is 5.32 Å². The van der Waals surface area contributed by atoms with E-state index in [4.69, 9.17) is 5.11 Å². The summed E-state index contributed by atoms with van der Waals surface area (Å²) in [5.41, 5.74) is 0. The molecule has 2 fully saturated rings. The minimum Gasteiger partial charge on any atom is -0.480 e. The highest BCUT2D eigenvalue weighted by Crippen LogP contribution is 2.44. The number of carboxylic acid groups (broad SMARTS) is 1. The number of carboxylic acids is 1. The van der Waals surface area contributed by atoms with E-state index in [2.05, 4.69) is 5.32 Å². The van der Waals surface area contributed by atoms with Crippen molar-refractivity contribution in [2.75, 3.05) is 0 Å². The zero-order valence-electron chi connectivity index (χ0n) is 7.99. The Hall–Kier alpha value is -0.570. The van der Waals surface area contributed by atoms with E-state index in [1.54, 1.807) is 6.92 Å². The highest BCUT2D eigenvalue weighted by atomic mass is 16.4. The van der Waals surface area contributed by atoms with Crippen LogP contribution in [0.1, 0.15) is 32.6 Å². The first kappa shape index (κ1) is 9.00. The molecular weight excluding hydrogens is 166 g/mol. The second-order valence-corrected chi connectivity index (χ2v) is 4.51. The van der Waals surface area contributed by atoms with Crippen LogP contribution in [0.5, 0.6) is 0 Å². The van der Waals surface area contributed by atoms with Crippen molar-refractivity contribution >= 4 is 5.97 Å². The first-order valence-corrected chi connectivity index (χ1v) is 5.15. The summed E-state index contributed by atoms with van der Waals surface area (Å²) in [6.45, 7) is 1.73. The van der Waals surface area contributed by atoms with Crippen molar-refractivity contribution in [1.82, 2.24) is 5.32 Å². The fourth-order valence-electron chi connectivity index (χ4n) is 2.84. The first-order chi connectivity index (χ1) is 6.16. The van der Waals surface area contributed by atoms with Crippen molar-refractivity contribution in [3.63, 3.8) is 0 Å². The van der Waals surface area contributed by atoms with Crippen LogP contribution in [0, 0.1) is 11.8 Å². The lowest BCUT2D eigenvalue weighted by Gasteiger charge is -2.24. The van der Waals surface area contributed by atoms with Gasteiger partial charge in [0.05, 0.1) is 0 Å². The fourth-order valence-corrected chi connectivity index (χ4v) is 2.84. The van der Waals surface area contributed by atoms with Gasteiger partial charge in [-0.1, -0.05) is 6.42 Å². The summed E-state index contributed by atoms with van der Waals surface area (Å²) in [7, 11) is 0. The number of rotatable bonds is 3. The highest BCUT2D eigenvalue weighted by molar-refractivity contribution is 5.72. The molecule has 3 unspecified atom stereocenters. The molecule has 0 radical (unpaired) electrons. The Balaban J connectivity index is 1.86. The molecule has 0 aromatic rings. The molecule has 0 aromatic carbocycles. The molecule has 4 atom stereocenters. The monoisotopic (exact) mass is 183 g/mol. The molecule has 2 rings (SSSR count). The maximum atomic E-state index is 10.6. The number of fused-ring (bicyclic) bond motifs is 2. The van der Waals surface area contributed by atoms with Crippen LogP contribution in [-0.2, 0) is 4.79 Å². The third kappa shape index (κ3) is 1.70. The molecule has 2 aliphatic carbocycles. The van der Waals surface area contributed by atoms with Gasteiger partial charge in [0.25, 0.3) is 0 Å². The Morgan fingerprint density at radius 1 is 1.46 bits per heavy atom. The van der Waals surface area contributed by atoms with Gasteiger partial charge in [0.1, 0.15) is 6.04 Å². The predicted molar refractivity (Wildman–Crippen MR) is 49.5 cm³/mol. The summed E-state index contributed by atoms with van der Waals surface area (Å²) in [6, 6.07) is 0.0919. The Morgan fingerprint density at radius 3 is 2.69 bits per heavy atom. The number of carbonyl (C=O) groups is 1. The van der Waals surface area contributed by atoms with E-state index < -0.39 is 5.97 Å². The molecule has 2 aliphatic rings. The highest BCUT2D eigenvalue weighted by Gasteiger charge is 2.40. The van der Waals surface area contributed by atoms with Gasteiger partial charge in [-0.2, -0.15) is 0 Å². The van der Waals surface area contributed by atoms with Crippen molar-refractivity contribution in [2.45, 2.75) is 44.7 Å². The molecule has 3 heteroatoms. The van der Waals surface area contributed by atoms with Crippen molar-refractivity contribution in [3.05, 3.63) is 0 Å². The molecule has 2 N–H and O–H groups in total. The van der Waals surface area contributed by atoms with Crippen molar-refractivity contribution < 1.29 is 9.90 Å². The lowest BCUT2D eigenvalue weighted by atomic mass is 9.95.